The predicted molar refractivity (Wildman–Crippen MR) is 49.5 cm³/mol. The van der Waals surface area contributed by atoms with Crippen molar-refractivity contribution < 1.29 is 14.7 Å². The summed E-state index contributed by atoms with van der Waals surface area (Å²) in [6.45, 7) is 1.60. The number of ketones is 1. The average Bonchev–Trinajstić information content (AvgIpc) is 2.50. The van der Waals surface area contributed by atoms with Crippen molar-refractivity contribution in [3.63, 3.8) is 0 Å². The second kappa shape index (κ2) is 4.08. The number of hydrogen-bond acceptors (Lipinski definition) is 5. The molecule has 5 nitrogen and oxygen atoms in total. The zero-order valence-electron chi connectivity index (χ0n) is 7.19. The molecule has 74 valence electrons. The third kappa shape index (κ3) is 2.43. The zero-order valence-corrected chi connectivity index (χ0v) is 8.00. The van der Waals surface area contributed by atoms with Crippen molar-refractivity contribution >= 4 is 23.5 Å². The van der Waals surface area contributed by atoms with Gasteiger partial charge in [-0.1, -0.05) is 0 Å². The third-order valence-corrected chi connectivity index (χ3v) is 3.01. The SMILES string of the molecule is C[C@@H](N)C(=O)C1NC(C(=O)O)CS1. The highest BCUT2D eigenvalue weighted by atomic mass is 32.2. The molecule has 0 aliphatic carbocycles. The third-order valence-electron chi connectivity index (χ3n) is 1.79. The predicted octanol–water partition coefficient (Wildman–Crippen LogP) is -0.982. The molecular weight excluding hydrogens is 192 g/mol. The van der Waals surface area contributed by atoms with Crippen LogP contribution in [0.25, 0.3) is 0 Å². The molecule has 2 unspecified atom stereocenters. The average molecular weight is 204 g/mol. The van der Waals surface area contributed by atoms with Gasteiger partial charge >= 0.3 is 5.97 Å². The number of Topliss-reactive ketones (excluding diaryl/α,β-unsaturated/α-hetero) is 1. The van der Waals surface area contributed by atoms with Crippen LogP contribution in [0.1, 0.15) is 6.92 Å². The maximum absolute atomic E-state index is 11.3. The van der Waals surface area contributed by atoms with Crippen molar-refractivity contribution in [2.45, 2.75) is 24.4 Å². The van der Waals surface area contributed by atoms with Gasteiger partial charge < -0.3 is 10.8 Å². The molecule has 0 amide bonds. The van der Waals surface area contributed by atoms with Crippen LogP contribution in [0.15, 0.2) is 0 Å². The molecule has 0 aromatic carbocycles. The van der Waals surface area contributed by atoms with E-state index in [1.165, 1.54) is 11.8 Å². The van der Waals surface area contributed by atoms with Crippen LogP contribution in [-0.2, 0) is 9.59 Å². The van der Waals surface area contributed by atoms with Crippen LogP contribution in [0.5, 0.6) is 0 Å². The smallest absolute Gasteiger partial charge is 0.321 e. The van der Waals surface area contributed by atoms with E-state index < -0.39 is 23.4 Å². The molecule has 1 aliphatic rings. The number of nitrogens with one attached hydrogen (secondary N) is 1. The van der Waals surface area contributed by atoms with Gasteiger partial charge in [0.25, 0.3) is 0 Å². The Labute approximate surface area is 80.1 Å². The Kier molecular flexibility index (Phi) is 3.29. The number of aliphatic carboxylic acids is 1. The van der Waals surface area contributed by atoms with Gasteiger partial charge in [0.15, 0.2) is 5.78 Å². The van der Waals surface area contributed by atoms with Gasteiger partial charge in [-0.25, -0.2) is 0 Å². The molecule has 0 spiro atoms. The molecule has 1 rings (SSSR count). The van der Waals surface area contributed by atoms with E-state index in [-0.39, 0.29) is 5.78 Å². The van der Waals surface area contributed by atoms with Crippen LogP contribution in [-0.4, -0.2) is 40.1 Å². The van der Waals surface area contributed by atoms with Crippen molar-refractivity contribution in [2.24, 2.45) is 5.73 Å². The number of rotatable bonds is 3. The summed E-state index contributed by atoms with van der Waals surface area (Å²) in [5.74, 6) is -0.653. The minimum absolute atomic E-state index is 0.145. The second-order valence-electron chi connectivity index (χ2n) is 2.96. The molecule has 1 aliphatic heterocycles. The molecular formula is C7H12N2O3S. The van der Waals surface area contributed by atoms with Crippen LogP contribution < -0.4 is 11.1 Å². The molecule has 1 fully saturated rings. The first-order valence-electron chi connectivity index (χ1n) is 3.92. The maximum atomic E-state index is 11.3. The topological polar surface area (TPSA) is 92.4 Å². The monoisotopic (exact) mass is 204 g/mol. The van der Waals surface area contributed by atoms with Gasteiger partial charge in [-0.2, -0.15) is 0 Å². The first-order valence-corrected chi connectivity index (χ1v) is 4.97. The van der Waals surface area contributed by atoms with Gasteiger partial charge in [0.05, 0.1) is 6.04 Å². The van der Waals surface area contributed by atoms with E-state index in [0.29, 0.717) is 5.75 Å². The highest BCUT2D eigenvalue weighted by molar-refractivity contribution is 8.00. The number of carbonyl (C=O) groups is 2. The standard InChI is InChI=1S/C7H12N2O3S/c1-3(8)5(10)6-9-4(2-13-6)7(11)12/h3-4,6,9H,2,8H2,1H3,(H,11,12)/t3-,4?,6?/m1/s1. The van der Waals surface area contributed by atoms with Crippen molar-refractivity contribution in [2.75, 3.05) is 5.75 Å². The highest BCUT2D eigenvalue weighted by Gasteiger charge is 2.34. The Bertz CT molecular complexity index is 232. The lowest BCUT2D eigenvalue weighted by molar-refractivity contribution is -0.138. The Morgan fingerprint density at radius 2 is 2.31 bits per heavy atom. The van der Waals surface area contributed by atoms with Crippen molar-refractivity contribution in [3.05, 3.63) is 0 Å². The summed E-state index contributed by atoms with van der Waals surface area (Å²) in [4.78, 5) is 21.8. The molecule has 0 aromatic rings. The van der Waals surface area contributed by atoms with Crippen molar-refractivity contribution in [1.29, 1.82) is 0 Å². The largest absolute Gasteiger partial charge is 0.480 e. The molecule has 6 heteroatoms. The Balaban J connectivity index is 2.50. The number of thioether (sulfide) groups is 1. The van der Waals surface area contributed by atoms with E-state index in [9.17, 15) is 9.59 Å². The maximum Gasteiger partial charge on any atom is 0.321 e. The van der Waals surface area contributed by atoms with Crippen molar-refractivity contribution in [3.8, 4) is 0 Å². The minimum Gasteiger partial charge on any atom is -0.480 e. The number of hydrogen-bond donors (Lipinski definition) is 3. The van der Waals surface area contributed by atoms with E-state index >= 15 is 0 Å². The highest BCUT2D eigenvalue weighted by Crippen LogP contribution is 2.20. The number of nitrogens with two attached hydrogens (primary N) is 1. The van der Waals surface area contributed by atoms with Crippen LogP contribution in [0.2, 0.25) is 0 Å². The summed E-state index contributed by atoms with van der Waals surface area (Å²) < 4.78 is 0. The lowest BCUT2D eigenvalue weighted by Gasteiger charge is -2.11. The fourth-order valence-electron chi connectivity index (χ4n) is 1.02. The van der Waals surface area contributed by atoms with Gasteiger partial charge in [-0.05, 0) is 6.92 Å². The summed E-state index contributed by atoms with van der Waals surface area (Å²) in [6, 6.07) is -1.17. The van der Waals surface area contributed by atoms with Gasteiger partial charge in [-0.15, -0.1) is 11.8 Å². The van der Waals surface area contributed by atoms with E-state index in [1.807, 2.05) is 0 Å². The first-order chi connectivity index (χ1) is 6.02. The van der Waals surface area contributed by atoms with Crippen molar-refractivity contribution in [1.82, 2.24) is 5.32 Å². The van der Waals surface area contributed by atoms with Gasteiger partial charge in [0.1, 0.15) is 11.4 Å². The summed E-state index contributed by atoms with van der Waals surface area (Å²) >= 11 is 1.29. The summed E-state index contributed by atoms with van der Waals surface area (Å²) in [7, 11) is 0. The van der Waals surface area contributed by atoms with Gasteiger partial charge in [0.2, 0.25) is 0 Å². The van der Waals surface area contributed by atoms with Gasteiger partial charge in [-0.3, -0.25) is 14.9 Å². The van der Waals surface area contributed by atoms with Crippen LogP contribution >= 0.6 is 11.8 Å². The number of carboxylic acids is 1. The van der Waals surface area contributed by atoms with Crippen LogP contribution in [0, 0.1) is 0 Å². The Morgan fingerprint density at radius 3 is 2.69 bits per heavy atom. The number of carboxylic acid groups (broad SMARTS) is 1. The summed E-state index contributed by atoms with van der Waals surface area (Å²) in [5.41, 5.74) is 5.39. The molecule has 1 saturated heterocycles. The molecule has 0 radical (unpaired) electrons. The normalized spacial score (nSPS) is 30.0. The van der Waals surface area contributed by atoms with Crippen LogP contribution in [0.3, 0.4) is 0 Å². The van der Waals surface area contributed by atoms with E-state index in [1.54, 1.807) is 6.92 Å². The van der Waals surface area contributed by atoms with E-state index in [4.69, 9.17) is 10.8 Å². The second-order valence-corrected chi connectivity index (χ2v) is 4.10. The molecule has 0 aromatic heterocycles. The molecule has 13 heavy (non-hydrogen) atoms. The summed E-state index contributed by atoms with van der Waals surface area (Å²) in [6.07, 6.45) is 0. The van der Waals surface area contributed by atoms with Crippen LogP contribution in [0.4, 0.5) is 0 Å². The molecule has 3 atom stereocenters. The molecule has 4 N–H and O–H groups in total. The molecule has 0 saturated carbocycles. The number of carbonyl (C=O) groups excluding carboxylic acids is 1. The molecule has 0 bridgehead atoms. The van der Waals surface area contributed by atoms with Gasteiger partial charge in [0, 0.05) is 5.75 Å². The summed E-state index contributed by atoms with van der Waals surface area (Å²) in [5, 5.41) is 10.9. The minimum atomic E-state index is -0.924. The lowest BCUT2D eigenvalue weighted by atomic mass is 10.2. The fraction of sp³-hybridized carbons (Fsp3) is 0.714. The first kappa shape index (κ1) is 10.5. The molecule has 1 heterocycles. The Morgan fingerprint density at radius 1 is 1.69 bits per heavy atom. The fourth-order valence-corrected chi connectivity index (χ4v) is 2.28. The quantitative estimate of drug-likeness (QED) is 0.547. The Hall–Kier alpha value is -0.590. The van der Waals surface area contributed by atoms with E-state index in [0.717, 1.165) is 0 Å². The zero-order chi connectivity index (χ0) is 10.0. The van der Waals surface area contributed by atoms with E-state index in [2.05, 4.69) is 5.32 Å². The lowest BCUT2D eigenvalue weighted by Crippen LogP contribution is -2.44.